The molecule has 0 bridgehead atoms. The van der Waals surface area contributed by atoms with E-state index in [2.05, 4.69) is 22.3 Å². The van der Waals surface area contributed by atoms with Crippen LogP contribution < -0.4 is 0 Å². The molecule has 2 saturated heterocycles. The van der Waals surface area contributed by atoms with E-state index >= 15 is 0 Å². The number of nitrogens with one attached hydrogen (secondary N) is 1. The van der Waals surface area contributed by atoms with Gasteiger partial charge in [0.25, 0.3) is 0 Å². The maximum absolute atomic E-state index is 13.3. The predicted molar refractivity (Wildman–Crippen MR) is 106 cm³/mol. The number of nitrogens with zero attached hydrogens (tertiary/aromatic N) is 3. The van der Waals surface area contributed by atoms with Crippen molar-refractivity contribution in [3.8, 4) is 0 Å². The van der Waals surface area contributed by atoms with E-state index in [1.54, 1.807) is 6.20 Å². The molecule has 1 N–H and O–H groups in total. The molecule has 2 fully saturated rings. The molecule has 3 heterocycles. The molecule has 28 heavy (non-hydrogen) atoms. The largest absolute Gasteiger partial charge is 0.332 e. The van der Waals surface area contributed by atoms with Gasteiger partial charge in [-0.1, -0.05) is 30.3 Å². The van der Waals surface area contributed by atoms with Crippen molar-refractivity contribution >= 4 is 11.8 Å². The van der Waals surface area contributed by atoms with Crippen molar-refractivity contribution in [2.24, 2.45) is 0 Å². The third kappa shape index (κ3) is 3.96. The Morgan fingerprint density at radius 1 is 1.04 bits per heavy atom. The van der Waals surface area contributed by atoms with Crippen LogP contribution >= 0.6 is 0 Å². The highest BCUT2D eigenvalue weighted by atomic mass is 16.2. The van der Waals surface area contributed by atoms with Crippen LogP contribution in [-0.4, -0.2) is 50.9 Å². The minimum Gasteiger partial charge on any atom is -0.332 e. The van der Waals surface area contributed by atoms with Crippen LogP contribution in [0.2, 0.25) is 0 Å². The molecule has 1 aromatic carbocycles. The first-order valence-electron chi connectivity index (χ1n) is 10.4. The third-order valence-electron chi connectivity index (χ3n) is 5.97. The fraction of sp³-hybridized carbons (Fsp3) is 0.500. The van der Waals surface area contributed by atoms with Crippen LogP contribution in [0.5, 0.6) is 0 Å². The van der Waals surface area contributed by atoms with Gasteiger partial charge >= 0.3 is 0 Å². The number of amides is 2. The summed E-state index contributed by atoms with van der Waals surface area (Å²) < 4.78 is 0. The summed E-state index contributed by atoms with van der Waals surface area (Å²) in [6, 6.07) is 11.9. The summed E-state index contributed by atoms with van der Waals surface area (Å²) in [5.41, 5.74) is 2.24. The number of aromatic amines is 1. The number of hydrogen-bond donors (Lipinski definition) is 1. The number of hydrogen-bond acceptors (Lipinski definition) is 3. The molecule has 148 valence electrons. The second-order valence-corrected chi connectivity index (χ2v) is 7.79. The normalized spacial score (nSPS) is 22.0. The molecular formula is C22H28N4O2. The van der Waals surface area contributed by atoms with Gasteiger partial charge in [-0.25, -0.2) is 0 Å². The average Bonchev–Trinajstić information content (AvgIpc) is 3.49. The van der Waals surface area contributed by atoms with Gasteiger partial charge in [-0.3, -0.25) is 14.7 Å². The Hall–Kier alpha value is -2.63. The molecule has 2 aliphatic rings. The van der Waals surface area contributed by atoms with E-state index in [0.29, 0.717) is 13.0 Å². The zero-order valence-corrected chi connectivity index (χ0v) is 16.2. The highest BCUT2D eigenvalue weighted by molar-refractivity contribution is 5.88. The topological polar surface area (TPSA) is 69.3 Å². The van der Waals surface area contributed by atoms with E-state index in [4.69, 9.17) is 0 Å². The van der Waals surface area contributed by atoms with E-state index in [-0.39, 0.29) is 23.9 Å². The number of rotatable bonds is 6. The molecule has 0 saturated carbocycles. The summed E-state index contributed by atoms with van der Waals surface area (Å²) in [5.74, 6) is 0.218. The SMILES string of the molecule is O=C(CCCc1ccccc1)N1CCC[C@H]1C(=O)N1CCC[C@H]1c1ccn[nH]1. The first-order chi connectivity index (χ1) is 13.7. The first-order valence-corrected chi connectivity index (χ1v) is 10.4. The number of likely N-dealkylation sites (tertiary alicyclic amines) is 2. The van der Waals surface area contributed by atoms with Gasteiger partial charge in [-0.2, -0.15) is 5.10 Å². The predicted octanol–water partition coefficient (Wildman–Crippen LogP) is 3.09. The number of benzene rings is 1. The molecule has 6 nitrogen and oxygen atoms in total. The van der Waals surface area contributed by atoms with Gasteiger partial charge in [0.15, 0.2) is 0 Å². The van der Waals surface area contributed by atoms with Crippen molar-refractivity contribution in [3.05, 3.63) is 53.9 Å². The van der Waals surface area contributed by atoms with Gasteiger partial charge in [-0.05, 0) is 50.2 Å². The van der Waals surface area contributed by atoms with Gasteiger partial charge in [-0.15, -0.1) is 0 Å². The van der Waals surface area contributed by atoms with E-state index < -0.39 is 0 Å². The summed E-state index contributed by atoms with van der Waals surface area (Å²) in [5, 5.41) is 7.04. The third-order valence-corrected chi connectivity index (χ3v) is 5.97. The number of H-pyrrole nitrogens is 1. The van der Waals surface area contributed by atoms with Crippen molar-refractivity contribution in [1.82, 2.24) is 20.0 Å². The first kappa shape index (κ1) is 18.7. The monoisotopic (exact) mass is 380 g/mol. The summed E-state index contributed by atoms with van der Waals surface area (Å²) >= 11 is 0. The molecule has 0 radical (unpaired) electrons. The summed E-state index contributed by atoms with van der Waals surface area (Å²) in [4.78, 5) is 29.9. The van der Waals surface area contributed by atoms with Crippen LogP contribution in [-0.2, 0) is 16.0 Å². The molecule has 1 aromatic heterocycles. The zero-order valence-electron chi connectivity index (χ0n) is 16.2. The number of aromatic nitrogens is 2. The maximum Gasteiger partial charge on any atom is 0.245 e. The zero-order chi connectivity index (χ0) is 19.3. The van der Waals surface area contributed by atoms with Crippen LogP contribution in [0.3, 0.4) is 0 Å². The lowest BCUT2D eigenvalue weighted by Gasteiger charge is -2.31. The molecule has 2 aliphatic heterocycles. The Balaban J connectivity index is 1.36. The molecule has 6 heteroatoms. The minimum absolute atomic E-state index is 0.0608. The Bertz CT molecular complexity index is 790. The quantitative estimate of drug-likeness (QED) is 0.837. The number of carbonyl (C=O) groups excluding carboxylic acids is 2. The minimum atomic E-state index is -0.298. The summed E-state index contributed by atoms with van der Waals surface area (Å²) in [6.07, 6.45) is 7.57. The standard InChI is InChI=1S/C22H28N4O2/c27-21(12-4-9-17-7-2-1-3-8-17)25-15-6-11-20(25)22(28)26-16-5-10-19(26)18-13-14-23-24-18/h1-3,7-8,13-14,19-20H,4-6,9-12,15-16H2,(H,23,24)/t19-,20-/m0/s1. The van der Waals surface area contributed by atoms with Crippen LogP contribution in [0.25, 0.3) is 0 Å². The van der Waals surface area contributed by atoms with E-state index in [1.165, 1.54) is 5.56 Å². The molecule has 0 unspecified atom stereocenters. The lowest BCUT2D eigenvalue weighted by atomic mass is 10.1. The smallest absolute Gasteiger partial charge is 0.245 e. The Morgan fingerprint density at radius 2 is 1.82 bits per heavy atom. The summed E-state index contributed by atoms with van der Waals surface area (Å²) in [6.45, 7) is 1.46. The van der Waals surface area contributed by atoms with Gasteiger partial charge in [0.1, 0.15) is 6.04 Å². The van der Waals surface area contributed by atoms with Crippen molar-refractivity contribution in [2.45, 2.75) is 57.0 Å². The number of carbonyl (C=O) groups is 2. The highest BCUT2D eigenvalue weighted by Crippen LogP contribution is 2.33. The van der Waals surface area contributed by atoms with Gasteiger partial charge in [0.05, 0.1) is 11.7 Å². The van der Waals surface area contributed by atoms with Crippen molar-refractivity contribution < 1.29 is 9.59 Å². The van der Waals surface area contributed by atoms with Crippen LogP contribution in [0.1, 0.15) is 55.8 Å². The van der Waals surface area contributed by atoms with Gasteiger partial charge < -0.3 is 9.80 Å². The Morgan fingerprint density at radius 3 is 2.61 bits per heavy atom. The lowest BCUT2D eigenvalue weighted by Crippen LogP contribution is -2.47. The number of aryl methyl sites for hydroxylation is 1. The summed E-state index contributed by atoms with van der Waals surface area (Å²) in [7, 11) is 0. The van der Waals surface area contributed by atoms with E-state index in [0.717, 1.165) is 50.8 Å². The fourth-order valence-corrected chi connectivity index (χ4v) is 4.55. The van der Waals surface area contributed by atoms with Crippen molar-refractivity contribution in [3.63, 3.8) is 0 Å². The molecule has 2 aromatic rings. The van der Waals surface area contributed by atoms with Crippen LogP contribution in [0.4, 0.5) is 0 Å². The van der Waals surface area contributed by atoms with Crippen LogP contribution in [0.15, 0.2) is 42.6 Å². The lowest BCUT2D eigenvalue weighted by molar-refractivity contribution is -0.144. The Labute approximate surface area is 165 Å². The molecule has 4 rings (SSSR count). The van der Waals surface area contributed by atoms with Gasteiger partial charge in [0.2, 0.25) is 11.8 Å². The average molecular weight is 380 g/mol. The maximum atomic E-state index is 13.3. The van der Waals surface area contributed by atoms with Crippen LogP contribution in [0, 0.1) is 0 Å². The molecule has 2 atom stereocenters. The van der Waals surface area contributed by atoms with E-state index in [9.17, 15) is 9.59 Å². The molecule has 0 spiro atoms. The molecular weight excluding hydrogens is 352 g/mol. The second-order valence-electron chi connectivity index (χ2n) is 7.79. The Kier molecular flexibility index (Phi) is 5.74. The molecule has 0 aliphatic carbocycles. The van der Waals surface area contributed by atoms with Crippen molar-refractivity contribution in [2.75, 3.05) is 13.1 Å². The van der Waals surface area contributed by atoms with Gasteiger partial charge in [0, 0.05) is 25.7 Å². The molecule has 2 amide bonds. The van der Waals surface area contributed by atoms with Crippen molar-refractivity contribution in [1.29, 1.82) is 0 Å². The highest BCUT2D eigenvalue weighted by Gasteiger charge is 2.40. The van der Waals surface area contributed by atoms with E-state index in [1.807, 2.05) is 34.1 Å². The fourth-order valence-electron chi connectivity index (χ4n) is 4.55. The second kappa shape index (κ2) is 8.59.